The van der Waals surface area contributed by atoms with Crippen LogP contribution in [0.1, 0.15) is 11.1 Å². The van der Waals surface area contributed by atoms with Gasteiger partial charge in [-0.1, -0.05) is 6.07 Å². The Kier molecular flexibility index (Phi) is 3.15. The zero-order chi connectivity index (χ0) is 12.6. The highest BCUT2D eigenvalue weighted by atomic mass is 32.2. The lowest BCUT2D eigenvalue weighted by atomic mass is 10.1. The van der Waals surface area contributed by atoms with Crippen LogP contribution in [0.4, 0.5) is 0 Å². The number of nitrogens with zero attached hydrogens (tertiary/aromatic N) is 2. The Morgan fingerprint density at radius 1 is 1.29 bits per heavy atom. The van der Waals surface area contributed by atoms with Gasteiger partial charge in [-0.25, -0.2) is 4.68 Å². The molecule has 0 bridgehead atoms. The largest absolute Gasteiger partial charge is 0.493 e. The smallest absolute Gasteiger partial charge is 0.212 e. The molecule has 0 aliphatic carbocycles. The average molecular weight is 248 g/mol. The molecular formula is C13H16N2OS. The van der Waals surface area contributed by atoms with E-state index in [-0.39, 0.29) is 5.88 Å². The maximum absolute atomic E-state index is 9.75. The van der Waals surface area contributed by atoms with Crippen LogP contribution < -0.4 is 0 Å². The number of aryl methyl sites for hydroxylation is 2. The number of rotatable bonds is 2. The van der Waals surface area contributed by atoms with Gasteiger partial charge in [0.05, 0.1) is 5.69 Å². The van der Waals surface area contributed by atoms with E-state index in [4.69, 9.17) is 0 Å². The van der Waals surface area contributed by atoms with E-state index < -0.39 is 0 Å². The number of aromatic hydroxyl groups is 1. The lowest BCUT2D eigenvalue weighted by Gasteiger charge is -2.05. The molecule has 0 amide bonds. The first-order valence-electron chi connectivity index (χ1n) is 5.42. The average Bonchev–Trinajstić information content (AvgIpc) is 2.57. The Bertz CT molecular complexity index is 561. The fourth-order valence-electron chi connectivity index (χ4n) is 1.92. The second-order valence-electron chi connectivity index (χ2n) is 4.11. The fraction of sp³-hybridized carbons (Fsp3) is 0.308. The van der Waals surface area contributed by atoms with Crippen molar-refractivity contribution in [1.29, 1.82) is 0 Å². The molecule has 0 atom stereocenters. The maximum Gasteiger partial charge on any atom is 0.212 e. The zero-order valence-electron chi connectivity index (χ0n) is 10.5. The lowest BCUT2D eigenvalue weighted by molar-refractivity contribution is 0.416. The van der Waals surface area contributed by atoms with Crippen LogP contribution in [0.2, 0.25) is 0 Å². The molecule has 1 heterocycles. The molecular weight excluding hydrogens is 232 g/mol. The summed E-state index contributed by atoms with van der Waals surface area (Å²) in [7, 11) is 1.74. The van der Waals surface area contributed by atoms with Gasteiger partial charge in [-0.15, -0.1) is 11.8 Å². The number of benzene rings is 1. The van der Waals surface area contributed by atoms with Crippen molar-refractivity contribution in [3.05, 3.63) is 29.3 Å². The maximum atomic E-state index is 9.75. The van der Waals surface area contributed by atoms with Gasteiger partial charge in [0.2, 0.25) is 5.88 Å². The van der Waals surface area contributed by atoms with Gasteiger partial charge in [0.15, 0.2) is 0 Å². The normalized spacial score (nSPS) is 10.8. The van der Waals surface area contributed by atoms with E-state index in [2.05, 4.69) is 30.4 Å². The summed E-state index contributed by atoms with van der Waals surface area (Å²) in [6.07, 6.45) is 2.07. The van der Waals surface area contributed by atoms with Gasteiger partial charge in [0.1, 0.15) is 0 Å². The highest BCUT2D eigenvalue weighted by molar-refractivity contribution is 7.98. The third-order valence-corrected chi connectivity index (χ3v) is 3.81. The Balaban J connectivity index is 2.53. The Morgan fingerprint density at radius 2 is 2.00 bits per heavy atom. The first kappa shape index (κ1) is 12.0. The fourth-order valence-corrected chi connectivity index (χ4v) is 2.51. The van der Waals surface area contributed by atoms with Crippen LogP contribution in [-0.2, 0) is 7.05 Å². The first-order chi connectivity index (χ1) is 8.04. The molecule has 2 rings (SSSR count). The standard InChI is InChI=1S/C13H16N2OS/c1-8-7-10(5-6-11(8)17-4)12-9(2)13(16)15(3)14-12/h5-7,16H,1-4H3. The summed E-state index contributed by atoms with van der Waals surface area (Å²) >= 11 is 1.74. The van der Waals surface area contributed by atoms with E-state index >= 15 is 0 Å². The molecule has 90 valence electrons. The molecule has 3 nitrogen and oxygen atoms in total. The summed E-state index contributed by atoms with van der Waals surface area (Å²) in [5.74, 6) is 0.228. The van der Waals surface area contributed by atoms with E-state index in [1.807, 2.05) is 13.0 Å². The van der Waals surface area contributed by atoms with Crippen molar-refractivity contribution >= 4 is 11.8 Å². The van der Waals surface area contributed by atoms with Crippen molar-refractivity contribution in [3.8, 4) is 17.1 Å². The predicted molar refractivity (Wildman–Crippen MR) is 71.6 cm³/mol. The van der Waals surface area contributed by atoms with Gasteiger partial charge in [-0.3, -0.25) is 0 Å². The van der Waals surface area contributed by atoms with Crippen LogP contribution in [0.25, 0.3) is 11.3 Å². The second kappa shape index (κ2) is 4.45. The number of hydrogen-bond donors (Lipinski definition) is 1. The minimum absolute atomic E-state index is 0.228. The molecule has 0 aliphatic heterocycles. The summed E-state index contributed by atoms with van der Waals surface area (Å²) in [5.41, 5.74) is 3.96. The van der Waals surface area contributed by atoms with Crippen molar-refractivity contribution in [1.82, 2.24) is 9.78 Å². The Labute approximate surface area is 105 Å². The highest BCUT2D eigenvalue weighted by Crippen LogP contribution is 2.31. The van der Waals surface area contributed by atoms with Gasteiger partial charge in [0.25, 0.3) is 0 Å². The molecule has 0 saturated heterocycles. The van der Waals surface area contributed by atoms with Crippen molar-refractivity contribution in [2.24, 2.45) is 7.05 Å². The third kappa shape index (κ3) is 2.05. The number of aromatic nitrogens is 2. The monoisotopic (exact) mass is 248 g/mol. The first-order valence-corrected chi connectivity index (χ1v) is 6.64. The summed E-state index contributed by atoms with van der Waals surface area (Å²) in [4.78, 5) is 1.27. The SMILES string of the molecule is CSc1ccc(-c2nn(C)c(O)c2C)cc1C. The molecule has 0 unspecified atom stereocenters. The minimum Gasteiger partial charge on any atom is -0.493 e. The molecule has 0 aliphatic rings. The summed E-state index contributed by atoms with van der Waals surface area (Å²) < 4.78 is 1.50. The molecule has 17 heavy (non-hydrogen) atoms. The van der Waals surface area contributed by atoms with Crippen LogP contribution in [0.15, 0.2) is 23.1 Å². The highest BCUT2D eigenvalue weighted by Gasteiger charge is 2.13. The van der Waals surface area contributed by atoms with Crippen molar-refractivity contribution in [2.45, 2.75) is 18.7 Å². The molecule has 2 aromatic rings. The lowest BCUT2D eigenvalue weighted by Crippen LogP contribution is -1.89. The van der Waals surface area contributed by atoms with Crippen molar-refractivity contribution in [3.63, 3.8) is 0 Å². The van der Waals surface area contributed by atoms with E-state index in [1.165, 1.54) is 15.1 Å². The van der Waals surface area contributed by atoms with Gasteiger partial charge in [0, 0.05) is 23.1 Å². The minimum atomic E-state index is 0.228. The van der Waals surface area contributed by atoms with Gasteiger partial charge in [-0.2, -0.15) is 5.10 Å². The summed E-state index contributed by atoms with van der Waals surface area (Å²) in [6, 6.07) is 6.26. The van der Waals surface area contributed by atoms with Crippen molar-refractivity contribution < 1.29 is 5.11 Å². The van der Waals surface area contributed by atoms with E-state index in [9.17, 15) is 5.11 Å². The van der Waals surface area contributed by atoms with Gasteiger partial charge < -0.3 is 5.11 Å². The predicted octanol–water partition coefficient (Wildman–Crippen LogP) is 3.13. The van der Waals surface area contributed by atoms with E-state index in [1.54, 1.807) is 18.8 Å². The second-order valence-corrected chi connectivity index (χ2v) is 4.95. The molecule has 0 radical (unpaired) electrons. The van der Waals surface area contributed by atoms with E-state index in [0.29, 0.717) is 0 Å². The zero-order valence-corrected chi connectivity index (χ0v) is 11.3. The molecule has 4 heteroatoms. The van der Waals surface area contributed by atoms with Crippen LogP contribution in [0, 0.1) is 13.8 Å². The molecule has 0 spiro atoms. The van der Waals surface area contributed by atoms with Gasteiger partial charge >= 0.3 is 0 Å². The summed E-state index contributed by atoms with van der Waals surface area (Å²) in [5, 5.41) is 14.1. The van der Waals surface area contributed by atoms with Crippen molar-refractivity contribution in [2.75, 3.05) is 6.26 Å². The van der Waals surface area contributed by atoms with Crippen LogP contribution in [0.3, 0.4) is 0 Å². The van der Waals surface area contributed by atoms with Gasteiger partial charge in [-0.05, 0) is 37.8 Å². The quantitative estimate of drug-likeness (QED) is 0.830. The third-order valence-electron chi connectivity index (χ3n) is 2.92. The van der Waals surface area contributed by atoms with Crippen LogP contribution in [0.5, 0.6) is 5.88 Å². The number of thioether (sulfide) groups is 1. The molecule has 0 fully saturated rings. The Hall–Kier alpha value is -1.42. The topological polar surface area (TPSA) is 38.0 Å². The number of hydrogen-bond acceptors (Lipinski definition) is 3. The molecule has 1 N–H and O–H groups in total. The van der Waals surface area contributed by atoms with Crippen LogP contribution >= 0.6 is 11.8 Å². The molecule has 1 aromatic heterocycles. The summed E-state index contributed by atoms with van der Waals surface area (Å²) in [6.45, 7) is 3.98. The molecule has 1 aromatic carbocycles. The van der Waals surface area contributed by atoms with Crippen LogP contribution in [-0.4, -0.2) is 21.1 Å². The Morgan fingerprint density at radius 3 is 2.47 bits per heavy atom. The van der Waals surface area contributed by atoms with E-state index in [0.717, 1.165) is 16.8 Å². The molecule has 0 saturated carbocycles.